The minimum Gasteiger partial charge on any atom is -0.492 e. The largest absolute Gasteiger partial charge is 0.492 e. The molecule has 0 unspecified atom stereocenters. The molecule has 6 fully saturated rings. The molecule has 4 saturated carbocycles. The number of carbonyl (C=O) groups excluding carboxylic acids is 4. The second kappa shape index (κ2) is 18.0. The van der Waals surface area contributed by atoms with E-state index < -0.39 is 74.4 Å². The van der Waals surface area contributed by atoms with Crippen LogP contribution in [-0.4, -0.2) is 121 Å². The van der Waals surface area contributed by atoms with Crippen molar-refractivity contribution in [2.75, 3.05) is 32.8 Å². The van der Waals surface area contributed by atoms with Gasteiger partial charge in [-0.15, -0.1) is 6.58 Å². The fourth-order valence-corrected chi connectivity index (χ4v) is 11.7. The van der Waals surface area contributed by atoms with Crippen molar-refractivity contribution in [3.05, 3.63) is 42.5 Å². The summed E-state index contributed by atoms with van der Waals surface area (Å²) in [5, 5.41) is 6.68. The second-order valence-corrected chi connectivity index (χ2v) is 21.9. The summed E-state index contributed by atoms with van der Waals surface area (Å²) in [4.78, 5) is 65.8. The van der Waals surface area contributed by atoms with Gasteiger partial charge in [-0.25, -0.2) is 22.6 Å². The summed E-state index contributed by atoms with van der Waals surface area (Å²) >= 11 is 0. The number of carbonyl (C=O) groups is 4. The average molecular weight is 907 g/mol. The smallest absolute Gasteiger partial charge is 0.408 e. The van der Waals surface area contributed by atoms with Crippen LogP contribution >= 0.6 is 0 Å². The van der Waals surface area contributed by atoms with Crippen molar-refractivity contribution in [3.63, 3.8) is 0 Å². The van der Waals surface area contributed by atoms with Gasteiger partial charge in [0.15, 0.2) is 0 Å². The van der Waals surface area contributed by atoms with Gasteiger partial charge in [-0.3, -0.25) is 24.0 Å². The van der Waals surface area contributed by atoms with Crippen LogP contribution in [0.2, 0.25) is 0 Å². The lowest BCUT2D eigenvalue weighted by atomic mass is 9.83. The Kier molecular flexibility index (Phi) is 12.6. The Hall–Kier alpha value is -4.51. The van der Waals surface area contributed by atoms with Crippen LogP contribution in [0.1, 0.15) is 109 Å². The number of sulfonamides is 1. The fourth-order valence-electron chi connectivity index (χ4n) is 10.4. The van der Waals surface area contributed by atoms with Crippen LogP contribution in [0.4, 0.5) is 9.18 Å². The van der Waals surface area contributed by atoms with Crippen LogP contribution in [0, 0.1) is 17.8 Å². The molecule has 2 bridgehead atoms. The van der Waals surface area contributed by atoms with Gasteiger partial charge >= 0.3 is 6.09 Å². The van der Waals surface area contributed by atoms with Crippen molar-refractivity contribution in [1.82, 2.24) is 30.1 Å². The molecule has 7 atom stereocenters. The number of alkyl carbamates (subject to hydrolysis) is 1. The first-order valence-electron chi connectivity index (χ1n) is 23.6. The molecule has 0 spiro atoms. The van der Waals surface area contributed by atoms with Crippen molar-refractivity contribution < 1.29 is 46.2 Å². The molecule has 4 amide bonds. The van der Waals surface area contributed by atoms with Crippen molar-refractivity contribution in [2.45, 2.75) is 150 Å². The number of rotatable bonds is 12. The number of nitrogens with zero attached hydrogens (tertiary/aromatic N) is 3. The van der Waals surface area contributed by atoms with Crippen molar-refractivity contribution in [2.24, 2.45) is 17.8 Å². The molecular formula is C47H63FN6O9S. The number of likely N-dealkylation sites (tertiary alicyclic amines) is 1. The number of pyridine rings is 1. The number of hydrogen-bond acceptors (Lipinski definition) is 11. The van der Waals surface area contributed by atoms with E-state index in [9.17, 15) is 27.2 Å². The molecule has 3 N–H and O–H groups in total. The Morgan fingerprint density at radius 1 is 1.02 bits per heavy atom. The lowest BCUT2D eigenvalue weighted by Gasteiger charge is -2.34. The lowest BCUT2D eigenvalue weighted by molar-refractivity contribution is -0.142. The zero-order valence-corrected chi connectivity index (χ0v) is 37.7. The molecular weight excluding hydrogens is 844 g/mol. The zero-order valence-electron chi connectivity index (χ0n) is 36.9. The summed E-state index contributed by atoms with van der Waals surface area (Å²) in [5.74, 6) is -1.37. The van der Waals surface area contributed by atoms with Crippen LogP contribution in [0.5, 0.6) is 11.6 Å². The molecule has 7 aliphatic rings. The van der Waals surface area contributed by atoms with E-state index in [2.05, 4.69) is 26.8 Å². The van der Waals surface area contributed by atoms with Gasteiger partial charge in [-0.1, -0.05) is 50.3 Å². The number of nitrogens with one attached hydrogen (secondary N) is 3. The summed E-state index contributed by atoms with van der Waals surface area (Å²) in [6, 6.07) is 5.60. The maximum Gasteiger partial charge on any atom is 0.408 e. The number of ether oxygens (including phenoxy) is 3. The molecule has 2 saturated heterocycles. The molecule has 1 aromatic carbocycles. The number of aromatic nitrogens is 1. The highest BCUT2D eigenvalue weighted by atomic mass is 32.2. The van der Waals surface area contributed by atoms with Crippen LogP contribution in [-0.2, 0) is 35.6 Å². The molecule has 3 aliphatic heterocycles. The number of benzene rings is 1. The Morgan fingerprint density at radius 3 is 2.47 bits per heavy atom. The van der Waals surface area contributed by atoms with Gasteiger partial charge in [0.25, 0.3) is 5.91 Å². The van der Waals surface area contributed by atoms with Crippen molar-refractivity contribution in [1.29, 1.82) is 0 Å². The molecule has 15 nitrogen and oxygen atoms in total. The second-order valence-electron chi connectivity index (χ2n) is 19.7. The first kappa shape index (κ1) is 44.7. The lowest BCUT2D eigenvalue weighted by Crippen LogP contribution is -2.59. The normalized spacial score (nSPS) is 31.1. The number of para-hydroxylation sites is 1. The highest BCUT2D eigenvalue weighted by Gasteiger charge is 2.63. The molecule has 1 aromatic heterocycles. The molecule has 17 heteroatoms. The molecule has 2 aromatic rings. The summed E-state index contributed by atoms with van der Waals surface area (Å²) in [5.41, 5.74) is -0.120. The van der Waals surface area contributed by atoms with E-state index in [0.717, 1.165) is 68.9 Å². The number of alkyl halides is 1. The van der Waals surface area contributed by atoms with E-state index in [4.69, 9.17) is 19.2 Å². The van der Waals surface area contributed by atoms with Gasteiger partial charge in [0, 0.05) is 37.4 Å². The monoisotopic (exact) mass is 906 g/mol. The van der Waals surface area contributed by atoms with Crippen molar-refractivity contribution >= 4 is 44.7 Å². The number of amides is 4. The van der Waals surface area contributed by atoms with E-state index in [0.29, 0.717) is 75.4 Å². The summed E-state index contributed by atoms with van der Waals surface area (Å²) in [6.45, 7) is 7.41. The van der Waals surface area contributed by atoms with Gasteiger partial charge in [0.05, 0.1) is 29.0 Å². The summed E-state index contributed by atoms with van der Waals surface area (Å²) in [7, 11) is -4.02. The highest BCUT2D eigenvalue weighted by molar-refractivity contribution is 7.91. The van der Waals surface area contributed by atoms with Gasteiger partial charge in [0.1, 0.15) is 41.8 Å². The maximum absolute atomic E-state index is 15.1. The van der Waals surface area contributed by atoms with E-state index in [1.165, 1.54) is 11.0 Å². The highest BCUT2D eigenvalue weighted by Crippen LogP contribution is 2.47. The quantitative estimate of drug-likeness (QED) is 0.187. The minimum absolute atomic E-state index is 0.0199. The van der Waals surface area contributed by atoms with Crippen molar-refractivity contribution in [3.8, 4) is 11.6 Å². The Bertz CT molecular complexity index is 2250. The predicted octanol–water partition coefficient (Wildman–Crippen LogP) is 5.25. The standard InChI is InChI=1S/C47H63FN6O9S/c1-3-31-25-47(31,44(57)52-64(59,60)46(2)19-20-46)51-41(55)37-24-33-28-54(37)43(56)39(29-13-6-4-7-14-29)50-45(58)63-38-23-30(38)15-8-5-9-17-35-40(61-22-12-21-53-26-32(48)27-53)34-16-10-11-18-36(34)49-42(35)62-33/h3,10-11,16,18,29-33,37-39H,1,4-9,12-15,17,19-28H2,2H3,(H,50,58)(H,51,55)(H,52,57)/t30-,31-,33-,37+,38-,39+,47-/m1/s1. The average Bonchev–Trinajstić information content (AvgIpc) is 4.23. The van der Waals surface area contributed by atoms with E-state index in [1.807, 2.05) is 24.3 Å². The SMILES string of the molecule is C=C[C@@H]1C[C@]1(NC(=O)[C@@H]1C[C@@H]2CN1C(=O)[C@H](C1CCCCC1)NC(=O)O[C@@H]1C[C@H]1CCCCCc1c(nc3ccccc3c1OCCCN1CC(F)C1)O2)C(=O)NS(=O)(=O)C1(C)CC1. The van der Waals surface area contributed by atoms with Crippen LogP contribution in [0.3, 0.4) is 0 Å². The Balaban J connectivity index is 1.04. The van der Waals surface area contributed by atoms with Gasteiger partial charge in [-0.05, 0) is 95.1 Å². The number of halogens is 1. The van der Waals surface area contributed by atoms with Crippen LogP contribution in [0.15, 0.2) is 36.9 Å². The van der Waals surface area contributed by atoms with E-state index in [-0.39, 0.29) is 37.3 Å². The fraction of sp³-hybridized carbons (Fsp3) is 0.681. The first-order chi connectivity index (χ1) is 30.8. The summed E-state index contributed by atoms with van der Waals surface area (Å²) < 4.78 is 60.5. The molecule has 0 radical (unpaired) electrons. The molecule has 348 valence electrons. The Morgan fingerprint density at radius 2 is 1.75 bits per heavy atom. The topological polar surface area (TPSA) is 186 Å². The third-order valence-corrected chi connectivity index (χ3v) is 17.1. The predicted molar refractivity (Wildman–Crippen MR) is 236 cm³/mol. The number of hydrogen-bond donors (Lipinski definition) is 3. The molecule has 4 heterocycles. The summed E-state index contributed by atoms with van der Waals surface area (Å²) in [6.07, 6.45) is 10.0. The zero-order chi connectivity index (χ0) is 44.8. The molecule has 4 aliphatic carbocycles. The maximum atomic E-state index is 15.1. The third-order valence-electron chi connectivity index (χ3n) is 15.0. The molecule has 64 heavy (non-hydrogen) atoms. The van der Waals surface area contributed by atoms with Gasteiger partial charge < -0.3 is 29.7 Å². The first-order valence-corrected chi connectivity index (χ1v) is 25.1. The van der Waals surface area contributed by atoms with E-state index in [1.54, 1.807) is 6.92 Å². The van der Waals surface area contributed by atoms with E-state index >= 15 is 4.79 Å². The molecule has 9 rings (SSSR count). The minimum atomic E-state index is -4.02. The number of fused-ring (bicyclic) bond motifs is 5. The van der Waals surface area contributed by atoms with Crippen LogP contribution < -0.4 is 24.8 Å². The third kappa shape index (κ3) is 9.29. The Labute approximate surface area is 375 Å². The van der Waals surface area contributed by atoms with Gasteiger partial charge in [0.2, 0.25) is 27.7 Å². The van der Waals surface area contributed by atoms with Crippen LogP contribution in [0.25, 0.3) is 10.9 Å². The van der Waals surface area contributed by atoms with Gasteiger partial charge in [-0.2, -0.15) is 0 Å².